The molecule has 0 N–H and O–H groups in total. The van der Waals surface area contributed by atoms with Crippen LogP contribution in [-0.4, -0.2) is 30.6 Å². The summed E-state index contributed by atoms with van der Waals surface area (Å²) < 4.78 is 5.81. The van der Waals surface area contributed by atoms with Crippen LogP contribution in [0.3, 0.4) is 0 Å². The summed E-state index contributed by atoms with van der Waals surface area (Å²) in [7, 11) is 0. The van der Waals surface area contributed by atoms with Crippen LogP contribution in [-0.2, 0) is 0 Å². The molecule has 1 aliphatic heterocycles. The summed E-state index contributed by atoms with van der Waals surface area (Å²) in [5.41, 5.74) is 0. The van der Waals surface area contributed by atoms with Crippen LogP contribution in [0.25, 0.3) is 0 Å². The molecule has 1 aromatic carbocycles. The van der Waals surface area contributed by atoms with E-state index in [2.05, 4.69) is 25.7 Å². The molecule has 0 saturated carbocycles. The molecule has 0 bridgehead atoms. The van der Waals surface area contributed by atoms with Crippen molar-refractivity contribution in [3.8, 4) is 5.75 Å². The van der Waals surface area contributed by atoms with Crippen LogP contribution >= 0.6 is 0 Å². The van der Waals surface area contributed by atoms with E-state index in [1.54, 1.807) is 0 Å². The van der Waals surface area contributed by atoms with Crippen molar-refractivity contribution in [3.05, 3.63) is 30.3 Å². The molecule has 2 unspecified atom stereocenters. The zero-order valence-electron chi connectivity index (χ0n) is 11.1. The van der Waals surface area contributed by atoms with Gasteiger partial charge in [-0.15, -0.1) is 0 Å². The quantitative estimate of drug-likeness (QED) is 0.792. The number of hydrogen-bond acceptors (Lipinski definition) is 2. The van der Waals surface area contributed by atoms with Crippen molar-refractivity contribution in [1.29, 1.82) is 0 Å². The Labute approximate surface area is 105 Å². The standard InChI is InChI=1S/C15H23NO/c1-12-9-16(10-13(12)2)14(3)11-17-15-7-5-4-6-8-15/h4-8,12-14H,9-11H2,1-3H3/t12-,13?,14?/m1/s1. The minimum absolute atomic E-state index is 0.502. The number of benzene rings is 1. The molecule has 3 atom stereocenters. The number of rotatable bonds is 4. The maximum Gasteiger partial charge on any atom is 0.119 e. The number of ether oxygens (including phenoxy) is 1. The topological polar surface area (TPSA) is 12.5 Å². The Morgan fingerprint density at radius 3 is 2.35 bits per heavy atom. The van der Waals surface area contributed by atoms with Crippen molar-refractivity contribution in [3.63, 3.8) is 0 Å². The first-order valence-corrected chi connectivity index (χ1v) is 6.58. The Balaban J connectivity index is 1.80. The van der Waals surface area contributed by atoms with E-state index < -0.39 is 0 Å². The van der Waals surface area contributed by atoms with E-state index >= 15 is 0 Å². The summed E-state index contributed by atoms with van der Waals surface area (Å²) in [6.45, 7) is 10.1. The maximum absolute atomic E-state index is 5.81. The molecule has 1 aliphatic rings. The average molecular weight is 233 g/mol. The molecule has 1 saturated heterocycles. The lowest BCUT2D eigenvalue weighted by molar-refractivity contribution is 0.167. The first-order valence-electron chi connectivity index (χ1n) is 6.58. The fourth-order valence-electron chi connectivity index (χ4n) is 2.37. The van der Waals surface area contributed by atoms with Crippen LogP contribution in [0.4, 0.5) is 0 Å². The van der Waals surface area contributed by atoms with E-state index in [0.717, 1.165) is 24.2 Å². The fraction of sp³-hybridized carbons (Fsp3) is 0.600. The molecule has 2 nitrogen and oxygen atoms in total. The van der Waals surface area contributed by atoms with Crippen LogP contribution in [0, 0.1) is 11.8 Å². The zero-order chi connectivity index (χ0) is 12.3. The van der Waals surface area contributed by atoms with Crippen LogP contribution in [0.2, 0.25) is 0 Å². The highest BCUT2D eigenvalue weighted by Gasteiger charge is 2.29. The third-order valence-electron chi connectivity index (χ3n) is 3.87. The second-order valence-corrected chi connectivity index (χ2v) is 5.38. The number of para-hydroxylation sites is 1. The summed E-state index contributed by atoms with van der Waals surface area (Å²) in [5.74, 6) is 2.60. The molecule has 0 spiro atoms. The molecule has 1 aromatic rings. The van der Waals surface area contributed by atoms with Gasteiger partial charge in [0.15, 0.2) is 0 Å². The molecule has 94 valence electrons. The lowest BCUT2D eigenvalue weighted by Gasteiger charge is -2.24. The highest BCUT2D eigenvalue weighted by molar-refractivity contribution is 5.20. The van der Waals surface area contributed by atoms with Crippen molar-refractivity contribution in [2.45, 2.75) is 26.8 Å². The summed E-state index contributed by atoms with van der Waals surface area (Å²) >= 11 is 0. The van der Waals surface area contributed by atoms with Gasteiger partial charge in [0.05, 0.1) is 0 Å². The van der Waals surface area contributed by atoms with E-state index in [9.17, 15) is 0 Å². The van der Waals surface area contributed by atoms with Gasteiger partial charge in [-0.3, -0.25) is 4.90 Å². The largest absolute Gasteiger partial charge is 0.492 e. The van der Waals surface area contributed by atoms with Gasteiger partial charge in [0.25, 0.3) is 0 Å². The van der Waals surface area contributed by atoms with E-state index in [1.807, 2.05) is 30.3 Å². The smallest absolute Gasteiger partial charge is 0.119 e. The van der Waals surface area contributed by atoms with Crippen molar-refractivity contribution in [2.75, 3.05) is 19.7 Å². The van der Waals surface area contributed by atoms with Crippen molar-refractivity contribution in [1.82, 2.24) is 4.90 Å². The molecule has 2 rings (SSSR count). The Morgan fingerprint density at radius 1 is 1.18 bits per heavy atom. The second kappa shape index (κ2) is 5.54. The molecular formula is C15H23NO. The first-order chi connectivity index (χ1) is 8.16. The zero-order valence-corrected chi connectivity index (χ0v) is 11.1. The Hall–Kier alpha value is -1.02. The Bertz CT molecular complexity index is 328. The SMILES string of the molecule is CC1CN(C(C)COc2ccccc2)C[C@H]1C. The van der Waals surface area contributed by atoms with Gasteiger partial charge in [-0.05, 0) is 30.9 Å². The molecule has 0 aromatic heterocycles. The molecule has 1 fully saturated rings. The molecule has 1 heterocycles. The van der Waals surface area contributed by atoms with Crippen molar-refractivity contribution in [2.24, 2.45) is 11.8 Å². The van der Waals surface area contributed by atoms with Crippen LogP contribution < -0.4 is 4.74 Å². The average Bonchev–Trinajstić information content (AvgIpc) is 2.68. The summed E-state index contributed by atoms with van der Waals surface area (Å²) in [6.07, 6.45) is 0. The van der Waals surface area contributed by atoms with Gasteiger partial charge in [-0.2, -0.15) is 0 Å². The van der Waals surface area contributed by atoms with Crippen LogP contribution in [0.15, 0.2) is 30.3 Å². The van der Waals surface area contributed by atoms with E-state index in [1.165, 1.54) is 13.1 Å². The molecule has 17 heavy (non-hydrogen) atoms. The third-order valence-corrected chi connectivity index (χ3v) is 3.87. The van der Waals surface area contributed by atoms with Gasteiger partial charge in [-0.1, -0.05) is 32.0 Å². The summed E-state index contributed by atoms with van der Waals surface area (Å²) in [4.78, 5) is 2.54. The van der Waals surface area contributed by atoms with Gasteiger partial charge in [-0.25, -0.2) is 0 Å². The van der Waals surface area contributed by atoms with Crippen LogP contribution in [0.5, 0.6) is 5.75 Å². The normalized spacial score (nSPS) is 27.0. The highest BCUT2D eigenvalue weighted by Crippen LogP contribution is 2.24. The Morgan fingerprint density at radius 2 is 1.76 bits per heavy atom. The first kappa shape index (κ1) is 12.4. The second-order valence-electron chi connectivity index (χ2n) is 5.38. The fourth-order valence-corrected chi connectivity index (χ4v) is 2.37. The minimum atomic E-state index is 0.502. The number of nitrogens with zero attached hydrogens (tertiary/aromatic N) is 1. The third kappa shape index (κ3) is 3.22. The van der Waals surface area contributed by atoms with Crippen molar-refractivity contribution >= 4 is 0 Å². The lowest BCUT2D eigenvalue weighted by atomic mass is 10.0. The van der Waals surface area contributed by atoms with Gasteiger partial charge >= 0.3 is 0 Å². The predicted molar refractivity (Wildman–Crippen MR) is 71.3 cm³/mol. The van der Waals surface area contributed by atoms with Gasteiger partial charge in [0.1, 0.15) is 12.4 Å². The summed E-state index contributed by atoms with van der Waals surface area (Å²) in [5, 5.41) is 0. The molecular weight excluding hydrogens is 210 g/mol. The maximum atomic E-state index is 5.81. The van der Waals surface area contributed by atoms with E-state index in [-0.39, 0.29) is 0 Å². The molecule has 0 aliphatic carbocycles. The monoisotopic (exact) mass is 233 g/mol. The number of likely N-dealkylation sites (tertiary alicyclic amines) is 1. The van der Waals surface area contributed by atoms with E-state index in [4.69, 9.17) is 4.74 Å². The molecule has 0 radical (unpaired) electrons. The molecule has 2 heteroatoms. The predicted octanol–water partition coefficient (Wildman–Crippen LogP) is 3.04. The molecule has 0 amide bonds. The van der Waals surface area contributed by atoms with Crippen molar-refractivity contribution < 1.29 is 4.74 Å². The van der Waals surface area contributed by atoms with Gasteiger partial charge < -0.3 is 4.74 Å². The van der Waals surface area contributed by atoms with Crippen LogP contribution in [0.1, 0.15) is 20.8 Å². The van der Waals surface area contributed by atoms with E-state index in [0.29, 0.717) is 6.04 Å². The minimum Gasteiger partial charge on any atom is -0.492 e. The van der Waals surface area contributed by atoms with Gasteiger partial charge in [0, 0.05) is 19.1 Å². The Kier molecular flexibility index (Phi) is 4.06. The number of hydrogen-bond donors (Lipinski definition) is 0. The van der Waals surface area contributed by atoms with Gasteiger partial charge in [0.2, 0.25) is 0 Å². The highest BCUT2D eigenvalue weighted by atomic mass is 16.5. The lowest BCUT2D eigenvalue weighted by Crippen LogP contribution is -2.35. The summed E-state index contributed by atoms with van der Waals surface area (Å²) in [6, 6.07) is 10.6.